The molecule has 2 atom stereocenters. The predicted octanol–water partition coefficient (Wildman–Crippen LogP) is -0.0935. The van der Waals surface area contributed by atoms with E-state index in [1.54, 1.807) is 4.57 Å². The van der Waals surface area contributed by atoms with E-state index in [4.69, 9.17) is 14.5 Å². The van der Waals surface area contributed by atoms with E-state index in [1.165, 1.54) is 12.7 Å². The van der Waals surface area contributed by atoms with Crippen LogP contribution in [-0.2, 0) is 13.8 Å². The second-order valence-electron chi connectivity index (χ2n) is 4.63. The van der Waals surface area contributed by atoms with E-state index in [1.807, 2.05) is 0 Å². The van der Waals surface area contributed by atoms with Gasteiger partial charge in [0.15, 0.2) is 11.2 Å². The van der Waals surface area contributed by atoms with Crippen molar-refractivity contribution in [3.05, 3.63) is 23.0 Å². The molecule has 1 aliphatic rings. The largest absolute Gasteiger partial charge is 0.469 e. The fourth-order valence-corrected chi connectivity index (χ4v) is 2.63. The monoisotopic (exact) mass is 316 g/mol. The summed E-state index contributed by atoms with van der Waals surface area (Å²) in [6.07, 6.45) is 3.11. The van der Waals surface area contributed by atoms with Crippen molar-refractivity contribution in [2.45, 2.75) is 25.2 Å². The molecule has 10 nitrogen and oxygen atoms in total. The van der Waals surface area contributed by atoms with Gasteiger partial charge in [0, 0.05) is 0 Å². The van der Waals surface area contributed by atoms with E-state index in [0.29, 0.717) is 18.5 Å². The highest BCUT2D eigenvalue weighted by Gasteiger charge is 2.30. The smallest absolute Gasteiger partial charge is 0.352 e. The van der Waals surface area contributed by atoms with Gasteiger partial charge in [0.2, 0.25) is 0 Å². The first-order valence-corrected chi connectivity index (χ1v) is 7.73. The molecule has 0 bridgehead atoms. The van der Waals surface area contributed by atoms with Crippen LogP contribution in [0.15, 0.2) is 17.4 Å². The van der Waals surface area contributed by atoms with Crippen LogP contribution in [0.1, 0.15) is 19.1 Å². The number of aromatic nitrogens is 4. The zero-order valence-electron chi connectivity index (χ0n) is 10.7. The van der Waals surface area contributed by atoms with Crippen molar-refractivity contribution in [1.29, 1.82) is 0 Å². The zero-order chi connectivity index (χ0) is 15.0. The fraction of sp³-hybridized carbons (Fsp3) is 0.500. The van der Waals surface area contributed by atoms with Crippen molar-refractivity contribution >= 4 is 19.0 Å². The summed E-state index contributed by atoms with van der Waals surface area (Å²) in [5.74, 6) is 0. The Morgan fingerprint density at radius 3 is 3.05 bits per heavy atom. The van der Waals surface area contributed by atoms with Crippen molar-refractivity contribution in [2.24, 2.45) is 0 Å². The lowest BCUT2D eigenvalue weighted by Crippen LogP contribution is -2.16. The van der Waals surface area contributed by atoms with Crippen molar-refractivity contribution in [3.63, 3.8) is 0 Å². The summed E-state index contributed by atoms with van der Waals surface area (Å²) < 4.78 is 22.4. The van der Waals surface area contributed by atoms with Crippen molar-refractivity contribution < 1.29 is 23.6 Å². The van der Waals surface area contributed by atoms with Gasteiger partial charge in [-0.2, -0.15) is 0 Å². The molecule has 0 aliphatic carbocycles. The van der Waals surface area contributed by atoms with Crippen LogP contribution in [0.3, 0.4) is 0 Å². The highest BCUT2D eigenvalue weighted by atomic mass is 31.2. The van der Waals surface area contributed by atoms with E-state index in [-0.39, 0.29) is 17.7 Å². The third kappa shape index (κ3) is 3.04. The number of fused-ring (bicyclic) bond motifs is 1. The molecule has 1 fully saturated rings. The van der Waals surface area contributed by atoms with E-state index >= 15 is 0 Å². The van der Waals surface area contributed by atoms with Gasteiger partial charge in [0.05, 0.1) is 25.4 Å². The quantitative estimate of drug-likeness (QED) is 0.665. The first kappa shape index (κ1) is 14.4. The minimum Gasteiger partial charge on any atom is -0.352 e. The minimum absolute atomic E-state index is 0.193. The molecule has 1 aliphatic heterocycles. The number of phosphoric ester groups is 1. The number of nitrogens with one attached hydrogen (secondary N) is 1. The Hall–Kier alpha value is -1.58. The van der Waals surface area contributed by atoms with Crippen molar-refractivity contribution in [3.8, 4) is 0 Å². The summed E-state index contributed by atoms with van der Waals surface area (Å²) >= 11 is 0. The fourth-order valence-electron chi connectivity index (χ4n) is 2.27. The molecule has 2 aromatic heterocycles. The highest BCUT2D eigenvalue weighted by Crippen LogP contribution is 2.38. The van der Waals surface area contributed by atoms with Crippen LogP contribution in [0.25, 0.3) is 11.2 Å². The van der Waals surface area contributed by atoms with E-state index < -0.39 is 20.2 Å². The molecule has 11 heteroatoms. The normalized spacial score (nSPS) is 23.0. The number of phosphoric acid groups is 1. The van der Waals surface area contributed by atoms with Gasteiger partial charge in [0.25, 0.3) is 5.56 Å². The third-order valence-corrected chi connectivity index (χ3v) is 3.67. The summed E-state index contributed by atoms with van der Waals surface area (Å²) in [7, 11) is -4.50. The molecule has 3 rings (SSSR count). The summed E-state index contributed by atoms with van der Waals surface area (Å²) in [5, 5.41) is 0. The van der Waals surface area contributed by atoms with Crippen molar-refractivity contribution in [2.75, 3.05) is 6.61 Å². The van der Waals surface area contributed by atoms with Gasteiger partial charge in [-0.25, -0.2) is 14.5 Å². The van der Waals surface area contributed by atoms with Gasteiger partial charge in [-0.3, -0.25) is 13.9 Å². The number of ether oxygens (including phenoxy) is 1. The van der Waals surface area contributed by atoms with Crippen LogP contribution >= 0.6 is 7.82 Å². The van der Waals surface area contributed by atoms with E-state index in [9.17, 15) is 9.36 Å². The number of hydrogen-bond acceptors (Lipinski definition) is 6. The molecule has 2 aromatic rings. The van der Waals surface area contributed by atoms with Gasteiger partial charge in [-0.1, -0.05) is 0 Å². The van der Waals surface area contributed by atoms with E-state index in [2.05, 4.69) is 19.5 Å². The average molecular weight is 316 g/mol. The second kappa shape index (κ2) is 5.32. The lowest BCUT2D eigenvalue weighted by Gasteiger charge is -2.15. The van der Waals surface area contributed by atoms with Crippen LogP contribution in [0.4, 0.5) is 0 Å². The van der Waals surface area contributed by atoms with Crippen LogP contribution in [-0.4, -0.2) is 42.0 Å². The molecular formula is C10H13N4O6P. The summed E-state index contributed by atoms with van der Waals surface area (Å²) in [6, 6.07) is 0. The van der Waals surface area contributed by atoms with Gasteiger partial charge in [0.1, 0.15) is 6.23 Å². The number of aromatic amines is 1. The van der Waals surface area contributed by atoms with Gasteiger partial charge in [-0.05, 0) is 12.8 Å². The number of hydrogen-bond donors (Lipinski definition) is 3. The predicted molar refractivity (Wildman–Crippen MR) is 69.3 cm³/mol. The zero-order valence-corrected chi connectivity index (χ0v) is 11.6. The number of H-pyrrole nitrogens is 1. The van der Waals surface area contributed by atoms with Crippen molar-refractivity contribution in [1.82, 2.24) is 19.5 Å². The Balaban J connectivity index is 1.75. The molecule has 1 saturated heterocycles. The summed E-state index contributed by atoms with van der Waals surface area (Å²) in [5.41, 5.74) is 0.287. The first-order chi connectivity index (χ1) is 9.94. The standard InChI is InChI=1S/C10H13N4O6P/c15-10-8-9(11-4-12-10)14(5-13-8)7-2-1-6(20-7)3-19-21(16,17)18/h4-7H,1-3H2,(H,11,12,15)(H2,16,17,18). The topological polar surface area (TPSA) is 140 Å². The molecule has 0 radical (unpaired) electrons. The molecule has 0 spiro atoms. The highest BCUT2D eigenvalue weighted by molar-refractivity contribution is 7.46. The Kier molecular flexibility index (Phi) is 3.64. The number of nitrogens with zero attached hydrogens (tertiary/aromatic N) is 3. The number of imidazole rings is 1. The molecule has 0 aromatic carbocycles. The molecule has 0 saturated carbocycles. The Labute approximate surface area is 118 Å². The lowest BCUT2D eigenvalue weighted by atomic mass is 10.2. The van der Waals surface area contributed by atoms with Gasteiger partial charge >= 0.3 is 7.82 Å². The lowest BCUT2D eigenvalue weighted by molar-refractivity contribution is -0.0205. The molecule has 21 heavy (non-hydrogen) atoms. The second-order valence-corrected chi connectivity index (χ2v) is 5.87. The number of rotatable bonds is 4. The average Bonchev–Trinajstić information content (AvgIpc) is 3.02. The Bertz CT molecular complexity index is 751. The molecular weight excluding hydrogens is 303 g/mol. The molecule has 0 amide bonds. The summed E-state index contributed by atoms with van der Waals surface area (Å²) in [6.45, 7) is -0.193. The van der Waals surface area contributed by atoms with Crippen LogP contribution in [0.5, 0.6) is 0 Å². The first-order valence-electron chi connectivity index (χ1n) is 6.20. The Morgan fingerprint density at radius 2 is 2.29 bits per heavy atom. The maximum absolute atomic E-state index is 11.6. The minimum atomic E-state index is -4.50. The molecule has 3 heterocycles. The Morgan fingerprint density at radius 1 is 1.48 bits per heavy atom. The van der Waals surface area contributed by atoms with E-state index in [0.717, 1.165) is 0 Å². The summed E-state index contributed by atoms with van der Waals surface area (Å²) in [4.78, 5) is 39.4. The SMILES string of the molecule is O=c1[nH]cnc2c1ncn2C1CCC(COP(=O)(O)O)O1. The molecule has 3 N–H and O–H groups in total. The molecule has 114 valence electrons. The molecule has 2 unspecified atom stereocenters. The van der Waals surface area contributed by atoms with Gasteiger partial charge < -0.3 is 19.5 Å². The van der Waals surface area contributed by atoms with Crippen LogP contribution < -0.4 is 5.56 Å². The van der Waals surface area contributed by atoms with Crippen LogP contribution in [0, 0.1) is 0 Å². The van der Waals surface area contributed by atoms with Crippen LogP contribution in [0.2, 0.25) is 0 Å². The third-order valence-electron chi connectivity index (χ3n) is 3.19. The maximum atomic E-state index is 11.6. The van der Waals surface area contributed by atoms with Gasteiger partial charge in [-0.15, -0.1) is 0 Å². The maximum Gasteiger partial charge on any atom is 0.469 e.